The first-order valence-electron chi connectivity index (χ1n) is 11.7. The van der Waals surface area contributed by atoms with Crippen LogP contribution in [0.25, 0.3) is 34.3 Å². The van der Waals surface area contributed by atoms with E-state index < -0.39 is 20.9 Å². The van der Waals surface area contributed by atoms with Crippen molar-refractivity contribution in [1.82, 2.24) is 25.5 Å². The highest BCUT2D eigenvalue weighted by molar-refractivity contribution is 7.92. The van der Waals surface area contributed by atoms with E-state index in [1.807, 2.05) is 0 Å². The van der Waals surface area contributed by atoms with Crippen LogP contribution in [0.15, 0.2) is 58.0 Å². The van der Waals surface area contributed by atoms with E-state index in [1.165, 1.54) is 12.3 Å². The molecule has 5 rings (SSSR count). The quantitative estimate of drug-likeness (QED) is 0.369. The third kappa shape index (κ3) is 5.08. The number of ether oxygens (including phenoxy) is 1. The van der Waals surface area contributed by atoms with Crippen molar-refractivity contribution in [2.75, 3.05) is 26.0 Å². The van der Waals surface area contributed by atoms with Crippen molar-refractivity contribution >= 4 is 15.7 Å². The lowest BCUT2D eigenvalue weighted by Crippen LogP contribution is -2.28. The van der Waals surface area contributed by atoms with Crippen molar-refractivity contribution in [2.45, 2.75) is 29.5 Å². The molecule has 2 aromatic heterocycles. The molecule has 0 radical (unpaired) electrons. The third-order valence-corrected chi connectivity index (χ3v) is 8.44. The lowest BCUT2D eigenvalue weighted by Gasteiger charge is -2.22. The number of nitrogens with one attached hydrogen (secondary N) is 1. The predicted octanol–water partition coefficient (Wildman–Crippen LogP) is 3.25. The molecule has 1 aliphatic rings. The highest BCUT2D eigenvalue weighted by atomic mass is 32.2. The van der Waals surface area contributed by atoms with Gasteiger partial charge in [-0.25, -0.2) is 22.8 Å². The molecule has 12 heteroatoms. The summed E-state index contributed by atoms with van der Waals surface area (Å²) in [5.74, 6) is -0.467. The van der Waals surface area contributed by atoms with Gasteiger partial charge in [-0.15, -0.1) is 10.2 Å². The van der Waals surface area contributed by atoms with E-state index in [-0.39, 0.29) is 33.8 Å². The molecule has 2 aromatic carbocycles. The van der Waals surface area contributed by atoms with Gasteiger partial charge in [-0.1, -0.05) is 18.2 Å². The molecule has 37 heavy (non-hydrogen) atoms. The summed E-state index contributed by atoms with van der Waals surface area (Å²) in [5.41, 5.74) is 8.16. The first-order chi connectivity index (χ1) is 17.9. The molecule has 3 heterocycles. The fourth-order valence-electron chi connectivity index (χ4n) is 4.16. The minimum atomic E-state index is -3.46. The maximum Gasteiger partial charge on any atom is 0.270 e. The van der Waals surface area contributed by atoms with Gasteiger partial charge in [-0.3, -0.25) is 0 Å². The zero-order chi connectivity index (χ0) is 26.0. The van der Waals surface area contributed by atoms with Gasteiger partial charge in [0.15, 0.2) is 21.3 Å². The standard InChI is InChI=1S/C25H25FN6O4S/c1-28-13-15-2-7-19(20(26)12-15)24-31-32-25(36-24)22-23(27)29-14-21(30-22)16-3-5-17(6-4-16)37(33,34)18-8-10-35-11-9-18/h2-7,12,14,18,28H,8-11,13H2,1H3,(H2,27,29). The fraction of sp³-hybridized carbons (Fsp3) is 0.280. The summed E-state index contributed by atoms with van der Waals surface area (Å²) in [5, 5.41) is 10.5. The van der Waals surface area contributed by atoms with Crippen molar-refractivity contribution < 1.29 is 22.0 Å². The molecule has 0 atom stereocenters. The van der Waals surface area contributed by atoms with E-state index in [2.05, 4.69) is 25.5 Å². The van der Waals surface area contributed by atoms with Gasteiger partial charge in [0.1, 0.15) is 5.82 Å². The molecule has 0 aliphatic carbocycles. The smallest absolute Gasteiger partial charge is 0.270 e. The number of rotatable bonds is 7. The molecule has 0 unspecified atom stereocenters. The van der Waals surface area contributed by atoms with Gasteiger partial charge in [0.25, 0.3) is 11.8 Å². The summed E-state index contributed by atoms with van der Waals surface area (Å²) in [6, 6.07) is 11.2. The zero-order valence-electron chi connectivity index (χ0n) is 20.0. The molecular weight excluding hydrogens is 499 g/mol. The largest absolute Gasteiger partial charge is 0.414 e. The summed E-state index contributed by atoms with van der Waals surface area (Å²) >= 11 is 0. The van der Waals surface area contributed by atoms with E-state index in [4.69, 9.17) is 14.9 Å². The van der Waals surface area contributed by atoms with Crippen LogP contribution in [-0.2, 0) is 21.1 Å². The van der Waals surface area contributed by atoms with Crippen LogP contribution < -0.4 is 11.1 Å². The minimum Gasteiger partial charge on any atom is -0.414 e. The summed E-state index contributed by atoms with van der Waals surface area (Å²) < 4.78 is 51.5. The van der Waals surface area contributed by atoms with Crippen molar-refractivity contribution in [2.24, 2.45) is 0 Å². The van der Waals surface area contributed by atoms with Crippen molar-refractivity contribution in [3.8, 4) is 34.3 Å². The molecule has 0 saturated carbocycles. The summed E-state index contributed by atoms with van der Waals surface area (Å²) in [6.45, 7) is 1.41. The number of hydrogen-bond donors (Lipinski definition) is 2. The second-order valence-corrected chi connectivity index (χ2v) is 10.9. The van der Waals surface area contributed by atoms with Crippen molar-refractivity contribution in [3.05, 3.63) is 60.0 Å². The SMILES string of the molecule is CNCc1ccc(-c2nnc(-c3nc(-c4ccc(S(=O)(=O)C5CCOCC5)cc4)cnc3N)o2)c(F)c1. The van der Waals surface area contributed by atoms with E-state index in [0.717, 1.165) is 5.56 Å². The highest BCUT2D eigenvalue weighted by Gasteiger charge is 2.29. The first kappa shape index (κ1) is 24.9. The molecular formula is C25H25FN6O4S. The number of nitrogens with two attached hydrogens (primary N) is 1. The molecule has 3 N–H and O–H groups in total. The number of nitrogens with zero attached hydrogens (tertiary/aromatic N) is 4. The average molecular weight is 525 g/mol. The lowest BCUT2D eigenvalue weighted by atomic mass is 10.1. The Hall–Kier alpha value is -3.74. The van der Waals surface area contributed by atoms with Gasteiger partial charge >= 0.3 is 0 Å². The van der Waals surface area contributed by atoms with E-state index in [1.54, 1.807) is 43.4 Å². The van der Waals surface area contributed by atoms with E-state index >= 15 is 0 Å². The average Bonchev–Trinajstić information content (AvgIpc) is 3.39. The Balaban J connectivity index is 1.41. The summed E-state index contributed by atoms with van der Waals surface area (Å²) in [4.78, 5) is 8.94. The Bertz CT molecular complexity index is 1520. The summed E-state index contributed by atoms with van der Waals surface area (Å²) in [6.07, 6.45) is 2.43. The van der Waals surface area contributed by atoms with Crippen LogP contribution >= 0.6 is 0 Å². The number of aromatic nitrogens is 4. The normalized spacial score (nSPS) is 14.6. The van der Waals surface area contributed by atoms with Crippen LogP contribution in [0.2, 0.25) is 0 Å². The third-order valence-electron chi connectivity index (χ3n) is 6.16. The van der Waals surface area contributed by atoms with E-state index in [9.17, 15) is 12.8 Å². The number of hydrogen-bond acceptors (Lipinski definition) is 10. The van der Waals surface area contributed by atoms with Crippen molar-refractivity contribution in [3.63, 3.8) is 0 Å². The van der Waals surface area contributed by atoms with Crippen LogP contribution in [0.5, 0.6) is 0 Å². The topological polar surface area (TPSA) is 146 Å². The molecule has 10 nitrogen and oxygen atoms in total. The maximum absolute atomic E-state index is 14.6. The molecule has 0 spiro atoms. The van der Waals surface area contributed by atoms with E-state index in [0.29, 0.717) is 43.9 Å². The molecule has 1 aliphatic heterocycles. The monoisotopic (exact) mass is 524 g/mol. The molecule has 1 saturated heterocycles. The number of anilines is 1. The second kappa shape index (κ2) is 10.3. The molecule has 0 bridgehead atoms. The van der Waals surface area contributed by atoms with Gasteiger partial charge in [-0.05, 0) is 49.7 Å². The van der Waals surface area contributed by atoms with Crippen LogP contribution in [0.1, 0.15) is 18.4 Å². The van der Waals surface area contributed by atoms with Gasteiger partial charge in [-0.2, -0.15) is 0 Å². The first-order valence-corrected chi connectivity index (χ1v) is 13.2. The number of sulfone groups is 1. The molecule has 0 amide bonds. The zero-order valence-corrected chi connectivity index (χ0v) is 20.8. The Kier molecular flexibility index (Phi) is 6.96. The van der Waals surface area contributed by atoms with Crippen LogP contribution in [0, 0.1) is 5.82 Å². The van der Waals surface area contributed by atoms with Gasteiger partial charge < -0.3 is 20.2 Å². The van der Waals surface area contributed by atoms with Crippen LogP contribution in [0.4, 0.5) is 10.2 Å². The molecule has 4 aromatic rings. The maximum atomic E-state index is 14.6. The number of halogens is 1. The second-order valence-electron chi connectivity index (χ2n) is 8.63. The lowest BCUT2D eigenvalue weighted by molar-refractivity contribution is 0.0983. The Morgan fingerprint density at radius 3 is 2.51 bits per heavy atom. The Morgan fingerprint density at radius 2 is 1.81 bits per heavy atom. The van der Waals surface area contributed by atoms with Crippen molar-refractivity contribution in [1.29, 1.82) is 0 Å². The Morgan fingerprint density at radius 1 is 1.08 bits per heavy atom. The Labute approximate surface area is 213 Å². The predicted molar refractivity (Wildman–Crippen MR) is 134 cm³/mol. The highest BCUT2D eigenvalue weighted by Crippen LogP contribution is 2.30. The minimum absolute atomic E-state index is 0.0146. The summed E-state index contributed by atoms with van der Waals surface area (Å²) in [7, 11) is -1.68. The number of benzene rings is 2. The van der Waals surface area contributed by atoms with Gasteiger partial charge in [0.05, 0.1) is 27.6 Å². The number of nitrogen functional groups attached to an aromatic ring is 1. The fourth-order valence-corrected chi connectivity index (χ4v) is 5.88. The van der Waals surface area contributed by atoms with Crippen LogP contribution in [0.3, 0.4) is 0 Å². The van der Waals surface area contributed by atoms with Crippen LogP contribution in [-0.4, -0.2) is 54.1 Å². The van der Waals surface area contributed by atoms with Gasteiger partial charge in [0.2, 0.25) is 0 Å². The molecule has 1 fully saturated rings. The van der Waals surface area contributed by atoms with Gasteiger partial charge in [0, 0.05) is 25.3 Å². The molecule has 192 valence electrons.